The topological polar surface area (TPSA) is 60.7 Å². The second-order valence-electron chi connectivity index (χ2n) is 6.51. The first-order chi connectivity index (χ1) is 9.89. The summed E-state index contributed by atoms with van der Waals surface area (Å²) < 4.78 is 1.78. The summed E-state index contributed by atoms with van der Waals surface area (Å²) in [6, 6.07) is 0. The van der Waals surface area contributed by atoms with Gasteiger partial charge in [0.1, 0.15) is 0 Å². The third kappa shape index (κ3) is 2.48. The van der Waals surface area contributed by atoms with Gasteiger partial charge in [-0.15, -0.1) is 0 Å². The van der Waals surface area contributed by atoms with Gasteiger partial charge >= 0.3 is 0 Å². The van der Waals surface area contributed by atoms with Crippen LogP contribution in [0.4, 0.5) is 0 Å². The van der Waals surface area contributed by atoms with Gasteiger partial charge in [0.2, 0.25) is 0 Å². The molecule has 0 fully saturated rings. The van der Waals surface area contributed by atoms with Gasteiger partial charge < -0.3 is 0 Å². The van der Waals surface area contributed by atoms with Crippen LogP contribution in [-0.2, 0) is 19.9 Å². The van der Waals surface area contributed by atoms with E-state index >= 15 is 0 Å². The highest BCUT2D eigenvalue weighted by molar-refractivity contribution is 5.98. The van der Waals surface area contributed by atoms with Crippen LogP contribution in [-0.4, -0.2) is 25.5 Å². The Bertz CT molecular complexity index is 715. The quantitative estimate of drug-likeness (QED) is 0.850. The zero-order valence-electron chi connectivity index (χ0n) is 13.0. The Morgan fingerprint density at radius 2 is 2.05 bits per heavy atom. The van der Waals surface area contributed by atoms with Crippen LogP contribution in [0.1, 0.15) is 48.9 Å². The summed E-state index contributed by atoms with van der Waals surface area (Å²) in [6.45, 7) is 6.28. The molecule has 0 bridgehead atoms. The molecule has 0 N–H and O–H groups in total. The molecule has 0 saturated carbocycles. The van der Waals surface area contributed by atoms with E-state index in [9.17, 15) is 4.79 Å². The van der Waals surface area contributed by atoms with Crippen molar-refractivity contribution in [3.8, 4) is 11.4 Å². The maximum atomic E-state index is 12.2. The molecule has 0 saturated heterocycles. The molecule has 0 spiro atoms. The third-order valence-electron chi connectivity index (χ3n) is 3.93. The zero-order chi connectivity index (χ0) is 15.2. The van der Waals surface area contributed by atoms with Gasteiger partial charge in [-0.05, 0) is 18.3 Å². The lowest BCUT2D eigenvalue weighted by atomic mass is 9.76. The first-order valence-corrected chi connectivity index (χ1v) is 7.31. The fourth-order valence-corrected chi connectivity index (χ4v) is 2.94. The minimum absolute atomic E-state index is 0.0295. The number of rotatable bonds is 2. The third-order valence-corrected chi connectivity index (χ3v) is 3.93. The first-order valence-electron chi connectivity index (χ1n) is 7.31. The van der Waals surface area contributed by atoms with Crippen molar-refractivity contribution in [3.63, 3.8) is 0 Å². The number of carbonyl (C=O) groups is 1. The molecule has 3 rings (SSSR count). The molecule has 2 aromatic rings. The summed E-state index contributed by atoms with van der Waals surface area (Å²) in [5.74, 6) is 0.818. The van der Waals surface area contributed by atoms with Gasteiger partial charge in [0.25, 0.3) is 0 Å². The minimum Gasteiger partial charge on any atom is -0.294 e. The van der Waals surface area contributed by atoms with Crippen molar-refractivity contribution in [1.29, 1.82) is 0 Å². The summed E-state index contributed by atoms with van der Waals surface area (Å²) in [6.07, 6.45) is 5.83. The number of Topliss-reactive ketones (excluding diaryl/α,β-unsaturated/α-hetero) is 1. The van der Waals surface area contributed by atoms with Gasteiger partial charge in [-0.2, -0.15) is 5.10 Å². The molecule has 1 aliphatic carbocycles. The van der Waals surface area contributed by atoms with Crippen LogP contribution in [0.2, 0.25) is 0 Å². The molecule has 0 radical (unpaired) electrons. The van der Waals surface area contributed by atoms with Gasteiger partial charge in [0, 0.05) is 25.9 Å². The number of aromatic nitrogens is 4. The van der Waals surface area contributed by atoms with Crippen LogP contribution in [0, 0.1) is 5.41 Å². The van der Waals surface area contributed by atoms with E-state index in [1.165, 1.54) is 0 Å². The Morgan fingerprint density at radius 1 is 1.29 bits per heavy atom. The highest BCUT2D eigenvalue weighted by Gasteiger charge is 2.32. The summed E-state index contributed by atoms with van der Waals surface area (Å²) in [7, 11) is 1.90. The average molecular weight is 284 g/mol. The van der Waals surface area contributed by atoms with Crippen molar-refractivity contribution in [2.75, 3.05) is 0 Å². The predicted molar refractivity (Wildman–Crippen MR) is 80.0 cm³/mol. The van der Waals surface area contributed by atoms with E-state index < -0.39 is 0 Å². The van der Waals surface area contributed by atoms with E-state index in [0.717, 1.165) is 29.8 Å². The number of ketones is 1. The summed E-state index contributed by atoms with van der Waals surface area (Å²) in [4.78, 5) is 21.2. The number of carbonyl (C=O) groups excluding carboxylic acids is 1. The normalized spacial score (nSPS) is 16.9. The smallest absolute Gasteiger partial charge is 0.166 e. The molecule has 2 aromatic heterocycles. The van der Waals surface area contributed by atoms with Crippen molar-refractivity contribution in [1.82, 2.24) is 19.7 Å². The molecule has 0 aromatic carbocycles. The number of hydrogen-bond donors (Lipinski definition) is 0. The molecule has 5 nitrogen and oxygen atoms in total. The molecule has 21 heavy (non-hydrogen) atoms. The molecule has 5 heteroatoms. The van der Waals surface area contributed by atoms with Crippen molar-refractivity contribution < 1.29 is 4.79 Å². The van der Waals surface area contributed by atoms with Crippen LogP contribution in [0.15, 0.2) is 12.4 Å². The Hall–Kier alpha value is -2.04. The fourth-order valence-electron chi connectivity index (χ4n) is 2.94. The van der Waals surface area contributed by atoms with E-state index in [1.807, 2.05) is 13.2 Å². The standard InChI is InChI=1S/C16H20N4O/c1-5-12-11(9-20(4)19-12)15-17-8-10-13(18-15)6-16(2,3)7-14(10)21/h8-9H,5-7H2,1-4H3. The molecular weight excluding hydrogens is 264 g/mol. The highest BCUT2D eigenvalue weighted by Crippen LogP contribution is 2.34. The molecule has 0 amide bonds. The highest BCUT2D eigenvalue weighted by atomic mass is 16.1. The minimum atomic E-state index is -0.0295. The summed E-state index contributed by atoms with van der Waals surface area (Å²) in [5, 5.41) is 4.43. The zero-order valence-corrected chi connectivity index (χ0v) is 13.0. The largest absolute Gasteiger partial charge is 0.294 e. The number of nitrogens with zero attached hydrogens (tertiary/aromatic N) is 4. The van der Waals surface area contributed by atoms with Gasteiger partial charge in [-0.1, -0.05) is 20.8 Å². The first kappa shape index (κ1) is 13.9. The summed E-state index contributed by atoms with van der Waals surface area (Å²) >= 11 is 0. The van der Waals surface area contributed by atoms with Gasteiger partial charge in [0.15, 0.2) is 11.6 Å². The Kier molecular flexibility index (Phi) is 3.15. The van der Waals surface area contributed by atoms with Gasteiger partial charge in [0.05, 0.1) is 22.5 Å². The molecule has 2 heterocycles. The predicted octanol–water partition coefficient (Wildman–Crippen LogP) is 2.59. The Labute approximate surface area is 124 Å². The summed E-state index contributed by atoms with van der Waals surface area (Å²) in [5.41, 5.74) is 3.46. The van der Waals surface area contributed by atoms with Crippen LogP contribution < -0.4 is 0 Å². The van der Waals surface area contributed by atoms with Gasteiger partial charge in [-0.3, -0.25) is 9.48 Å². The molecule has 1 aliphatic rings. The van der Waals surface area contributed by atoms with E-state index in [-0.39, 0.29) is 11.2 Å². The van der Waals surface area contributed by atoms with Gasteiger partial charge in [-0.25, -0.2) is 9.97 Å². The number of aryl methyl sites for hydroxylation is 2. The molecule has 0 aliphatic heterocycles. The fraction of sp³-hybridized carbons (Fsp3) is 0.500. The lowest BCUT2D eigenvalue weighted by Gasteiger charge is -2.29. The second kappa shape index (κ2) is 4.76. The molecule has 0 atom stereocenters. The molecular formula is C16H20N4O. The van der Waals surface area contributed by atoms with E-state index in [1.54, 1.807) is 10.9 Å². The van der Waals surface area contributed by atoms with Crippen molar-refractivity contribution in [2.45, 2.75) is 40.0 Å². The van der Waals surface area contributed by atoms with E-state index in [2.05, 4.69) is 35.8 Å². The average Bonchev–Trinajstić information content (AvgIpc) is 2.78. The van der Waals surface area contributed by atoms with Crippen LogP contribution in [0.3, 0.4) is 0 Å². The second-order valence-corrected chi connectivity index (χ2v) is 6.51. The van der Waals surface area contributed by atoms with Crippen molar-refractivity contribution >= 4 is 5.78 Å². The lowest BCUT2D eigenvalue weighted by Crippen LogP contribution is -2.28. The van der Waals surface area contributed by atoms with Crippen molar-refractivity contribution in [3.05, 3.63) is 29.3 Å². The maximum absolute atomic E-state index is 12.2. The SMILES string of the molecule is CCc1nn(C)cc1-c1ncc2c(n1)CC(C)(C)CC2=O. The van der Waals surface area contributed by atoms with E-state index in [0.29, 0.717) is 17.8 Å². The Morgan fingerprint density at radius 3 is 2.76 bits per heavy atom. The maximum Gasteiger partial charge on any atom is 0.166 e. The van der Waals surface area contributed by atoms with Crippen LogP contribution in [0.5, 0.6) is 0 Å². The lowest BCUT2D eigenvalue weighted by molar-refractivity contribution is 0.0910. The molecule has 0 unspecified atom stereocenters. The number of fused-ring (bicyclic) bond motifs is 1. The number of hydrogen-bond acceptors (Lipinski definition) is 4. The van der Waals surface area contributed by atoms with Crippen LogP contribution in [0.25, 0.3) is 11.4 Å². The Balaban J connectivity index is 2.09. The molecule has 110 valence electrons. The van der Waals surface area contributed by atoms with E-state index in [4.69, 9.17) is 0 Å². The van der Waals surface area contributed by atoms with Crippen LogP contribution >= 0.6 is 0 Å². The van der Waals surface area contributed by atoms with Crippen molar-refractivity contribution in [2.24, 2.45) is 12.5 Å². The monoisotopic (exact) mass is 284 g/mol.